The molecule has 4 rings (SSSR count). The molecule has 0 saturated carbocycles. The molecule has 1 atom stereocenters. The van der Waals surface area contributed by atoms with Crippen LogP contribution in [0.15, 0.2) is 52.6 Å². The Morgan fingerprint density at radius 1 is 1.30 bits per heavy atom. The van der Waals surface area contributed by atoms with E-state index in [2.05, 4.69) is 5.32 Å². The molecule has 3 aromatic rings. The summed E-state index contributed by atoms with van der Waals surface area (Å²) >= 11 is 2.67. The normalized spacial score (nSPS) is 17.6. The number of rotatable bonds is 5. The third-order valence-corrected chi connectivity index (χ3v) is 6.63. The van der Waals surface area contributed by atoms with E-state index in [0.717, 1.165) is 29.1 Å². The molecule has 1 N–H and O–H groups in total. The zero-order chi connectivity index (χ0) is 20.9. The molecule has 1 aliphatic rings. The predicted octanol–water partition coefficient (Wildman–Crippen LogP) is 1.76. The molecule has 1 saturated heterocycles. The fourth-order valence-corrected chi connectivity index (χ4v) is 5.08. The largest absolute Gasteiger partial charge is 0.376 e. The van der Waals surface area contributed by atoms with Crippen molar-refractivity contribution in [2.24, 2.45) is 0 Å². The maximum Gasteiger partial charge on any atom is 0.273 e. The molecule has 0 spiro atoms. The SMILES string of the molecule is N#C/C(C(=O)NCC1CCCO1)=c1/s/c(=C/c2cccs2)c(=O)n1-c1ccccc1. The number of hydrogen-bond donors (Lipinski definition) is 1. The van der Waals surface area contributed by atoms with Gasteiger partial charge in [0, 0.05) is 18.0 Å². The number of nitrogens with one attached hydrogen (secondary N) is 1. The highest BCUT2D eigenvalue weighted by Gasteiger charge is 2.20. The summed E-state index contributed by atoms with van der Waals surface area (Å²) in [4.78, 5) is 26.9. The lowest BCUT2D eigenvalue weighted by Gasteiger charge is -2.10. The highest BCUT2D eigenvalue weighted by atomic mass is 32.1. The highest BCUT2D eigenvalue weighted by Crippen LogP contribution is 2.11. The number of nitrogens with zero attached hydrogens (tertiary/aromatic N) is 2. The fourth-order valence-electron chi connectivity index (χ4n) is 3.26. The Kier molecular flexibility index (Phi) is 6.23. The van der Waals surface area contributed by atoms with E-state index in [1.54, 1.807) is 18.2 Å². The smallest absolute Gasteiger partial charge is 0.273 e. The van der Waals surface area contributed by atoms with Gasteiger partial charge in [0.2, 0.25) is 0 Å². The molecule has 1 amide bonds. The van der Waals surface area contributed by atoms with Gasteiger partial charge in [-0.1, -0.05) is 24.3 Å². The lowest BCUT2D eigenvalue weighted by molar-refractivity contribution is -0.116. The second-order valence-corrected chi connectivity index (χ2v) is 8.75. The Bertz CT molecular complexity index is 1250. The minimum absolute atomic E-state index is 0.0312. The molecular formula is C22H19N3O3S2. The van der Waals surface area contributed by atoms with Crippen molar-refractivity contribution in [3.05, 3.63) is 72.3 Å². The molecule has 2 aromatic heterocycles. The predicted molar refractivity (Wildman–Crippen MR) is 118 cm³/mol. The molecule has 1 aliphatic heterocycles. The van der Waals surface area contributed by atoms with Gasteiger partial charge < -0.3 is 10.1 Å². The number of carbonyl (C=O) groups is 1. The Hall–Kier alpha value is -2.99. The van der Waals surface area contributed by atoms with Crippen molar-refractivity contribution in [2.45, 2.75) is 18.9 Å². The van der Waals surface area contributed by atoms with Gasteiger partial charge >= 0.3 is 0 Å². The van der Waals surface area contributed by atoms with Crippen molar-refractivity contribution in [3.63, 3.8) is 0 Å². The second-order valence-electron chi connectivity index (χ2n) is 6.74. The monoisotopic (exact) mass is 437 g/mol. The van der Waals surface area contributed by atoms with Crippen molar-refractivity contribution >= 4 is 40.2 Å². The van der Waals surface area contributed by atoms with Gasteiger partial charge in [0.05, 0.1) is 16.3 Å². The lowest BCUT2D eigenvalue weighted by atomic mass is 10.2. The van der Waals surface area contributed by atoms with Gasteiger partial charge in [0.15, 0.2) is 5.57 Å². The van der Waals surface area contributed by atoms with E-state index < -0.39 is 5.91 Å². The molecule has 1 fully saturated rings. The van der Waals surface area contributed by atoms with Crippen molar-refractivity contribution in [3.8, 4) is 11.8 Å². The van der Waals surface area contributed by atoms with E-state index in [4.69, 9.17) is 4.74 Å². The molecular weight excluding hydrogens is 418 g/mol. The van der Waals surface area contributed by atoms with Crippen LogP contribution in [0.4, 0.5) is 0 Å². The van der Waals surface area contributed by atoms with E-state index in [9.17, 15) is 14.9 Å². The zero-order valence-electron chi connectivity index (χ0n) is 16.0. The Labute approximate surface area is 181 Å². The summed E-state index contributed by atoms with van der Waals surface area (Å²) in [5, 5.41) is 14.5. The topological polar surface area (TPSA) is 84.1 Å². The minimum Gasteiger partial charge on any atom is -0.376 e. The third-order valence-electron chi connectivity index (χ3n) is 4.72. The number of thiazole rings is 1. The summed E-state index contributed by atoms with van der Waals surface area (Å²) < 4.78 is 7.76. The van der Waals surface area contributed by atoms with Gasteiger partial charge in [-0.15, -0.1) is 22.7 Å². The van der Waals surface area contributed by atoms with Crippen LogP contribution in [0.25, 0.3) is 17.3 Å². The van der Waals surface area contributed by atoms with Gasteiger partial charge in [0.25, 0.3) is 11.5 Å². The van der Waals surface area contributed by atoms with Crippen molar-refractivity contribution in [1.29, 1.82) is 5.26 Å². The Morgan fingerprint density at radius 2 is 2.13 bits per heavy atom. The molecule has 152 valence electrons. The van der Waals surface area contributed by atoms with Crippen molar-refractivity contribution in [2.75, 3.05) is 13.2 Å². The van der Waals surface area contributed by atoms with E-state index in [0.29, 0.717) is 28.0 Å². The summed E-state index contributed by atoms with van der Waals surface area (Å²) in [6, 6.07) is 14.9. The van der Waals surface area contributed by atoms with Crippen molar-refractivity contribution in [1.82, 2.24) is 9.88 Å². The van der Waals surface area contributed by atoms with Crippen LogP contribution in [0.2, 0.25) is 0 Å². The number of hydrogen-bond acceptors (Lipinski definition) is 6. The van der Waals surface area contributed by atoms with Crippen LogP contribution in [0, 0.1) is 11.3 Å². The molecule has 6 nitrogen and oxygen atoms in total. The van der Waals surface area contributed by atoms with Crippen molar-refractivity contribution < 1.29 is 9.53 Å². The van der Waals surface area contributed by atoms with Gasteiger partial charge in [-0.25, -0.2) is 0 Å². The Morgan fingerprint density at radius 3 is 2.80 bits per heavy atom. The average molecular weight is 438 g/mol. The van der Waals surface area contributed by atoms with E-state index in [1.165, 1.54) is 15.9 Å². The quantitative estimate of drug-likeness (QED) is 0.659. The Balaban J connectivity index is 1.85. The van der Waals surface area contributed by atoms with Crippen LogP contribution >= 0.6 is 22.7 Å². The minimum atomic E-state index is -0.499. The maximum atomic E-state index is 13.2. The van der Waals surface area contributed by atoms with E-state index >= 15 is 0 Å². The van der Waals surface area contributed by atoms with Gasteiger partial charge in [-0.3, -0.25) is 14.2 Å². The first-order valence-electron chi connectivity index (χ1n) is 9.54. The zero-order valence-corrected chi connectivity index (χ0v) is 17.7. The van der Waals surface area contributed by atoms with Crippen LogP contribution in [0.3, 0.4) is 0 Å². The molecule has 8 heteroatoms. The first kappa shape index (κ1) is 20.3. The number of ether oxygens (including phenoxy) is 1. The number of thiophene rings is 1. The number of nitriles is 1. The maximum absolute atomic E-state index is 13.2. The van der Waals surface area contributed by atoms with Gasteiger partial charge in [0.1, 0.15) is 10.7 Å². The highest BCUT2D eigenvalue weighted by molar-refractivity contribution is 7.11. The molecule has 1 unspecified atom stereocenters. The molecule has 3 heterocycles. The van der Waals surface area contributed by atoms with Crippen LogP contribution in [0.5, 0.6) is 0 Å². The third kappa shape index (κ3) is 4.28. The first-order chi connectivity index (χ1) is 14.7. The first-order valence-corrected chi connectivity index (χ1v) is 11.2. The van der Waals surface area contributed by atoms with Crippen LogP contribution in [-0.4, -0.2) is 29.7 Å². The molecule has 30 heavy (non-hydrogen) atoms. The number of para-hydroxylation sites is 1. The molecule has 0 bridgehead atoms. The van der Waals surface area contributed by atoms with Gasteiger partial charge in [-0.05, 0) is 42.5 Å². The molecule has 0 radical (unpaired) electrons. The molecule has 1 aromatic carbocycles. The number of aromatic nitrogens is 1. The van der Waals surface area contributed by atoms with E-state index in [-0.39, 0.29) is 17.2 Å². The van der Waals surface area contributed by atoms with Gasteiger partial charge in [-0.2, -0.15) is 5.26 Å². The second kappa shape index (κ2) is 9.22. The van der Waals surface area contributed by atoms with E-state index in [1.807, 2.05) is 41.8 Å². The average Bonchev–Trinajstić information content (AvgIpc) is 3.51. The standard InChI is InChI=1S/C22H19N3O3S2/c23-13-18(20(26)24-14-16-8-4-10-28-16)22-25(15-6-2-1-3-7-15)21(27)19(30-22)12-17-9-5-11-29-17/h1-3,5-7,9,11-12,16H,4,8,10,14H2,(H,24,26)/b19-12+,22-18-. The van der Waals surface area contributed by atoms with Crippen LogP contribution in [0.1, 0.15) is 17.7 Å². The number of carbonyl (C=O) groups excluding carboxylic acids is 1. The van der Waals surface area contributed by atoms with Crippen LogP contribution < -0.4 is 20.1 Å². The summed E-state index contributed by atoms with van der Waals surface area (Å²) in [5.41, 5.74) is 0.276. The summed E-state index contributed by atoms with van der Waals surface area (Å²) in [6.07, 6.45) is 3.61. The summed E-state index contributed by atoms with van der Waals surface area (Å²) in [7, 11) is 0. The fraction of sp³-hybridized carbons (Fsp3) is 0.227. The lowest BCUT2D eigenvalue weighted by Crippen LogP contribution is -2.36. The summed E-state index contributed by atoms with van der Waals surface area (Å²) in [6.45, 7) is 1.04. The number of amides is 1. The summed E-state index contributed by atoms with van der Waals surface area (Å²) in [5.74, 6) is -0.499. The molecule has 0 aliphatic carbocycles. The number of benzene rings is 1. The van der Waals surface area contributed by atoms with Crippen LogP contribution in [-0.2, 0) is 9.53 Å².